The molecule has 1 aromatic heterocycles. The Morgan fingerprint density at radius 2 is 1.65 bits per heavy atom. The number of methoxy groups -OCH3 is 2. The molecule has 3 rings (SSSR count). The van der Waals surface area contributed by atoms with E-state index in [1.165, 1.54) is 11.3 Å². The summed E-state index contributed by atoms with van der Waals surface area (Å²) in [5.41, 5.74) is 1.62. The van der Waals surface area contributed by atoms with E-state index in [-0.39, 0.29) is 12.5 Å². The normalized spacial score (nSPS) is 10.2. The number of ether oxygens (including phenoxy) is 3. The Bertz CT molecular complexity index is 895. The average Bonchev–Trinajstić information content (AvgIpc) is 3.14. The number of aromatic nitrogens is 1. The molecule has 0 unspecified atom stereocenters. The van der Waals surface area contributed by atoms with Gasteiger partial charge >= 0.3 is 0 Å². The zero-order valence-electron chi connectivity index (χ0n) is 14.4. The van der Waals surface area contributed by atoms with Crippen LogP contribution in [0.3, 0.4) is 0 Å². The van der Waals surface area contributed by atoms with E-state index in [2.05, 4.69) is 10.3 Å². The van der Waals surface area contributed by atoms with Crippen LogP contribution in [-0.2, 0) is 4.79 Å². The molecule has 2 aromatic carbocycles. The zero-order chi connectivity index (χ0) is 18.4. The fraction of sp³-hybridized carbons (Fsp3) is 0.158. The molecule has 26 heavy (non-hydrogen) atoms. The van der Waals surface area contributed by atoms with E-state index in [9.17, 15) is 4.79 Å². The number of carbonyl (C=O) groups excluding carboxylic acids is 1. The molecule has 0 saturated heterocycles. The molecule has 134 valence electrons. The maximum atomic E-state index is 12.1. The maximum absolute atomic E-state index is 12.1. The average molecular weight is 370 g/mol. The second-order valence-corrected chi connectivity index (χ2v) is 6.08. The van der Waals surface area contributed by atoms with Crippen molar-refractivity contribution in [2.24, 2.45) is 0 Å². The minimum Gasteiger partial charge on any atom is -0.496 e. The van der Waals surface area contributed by atoms with Crippen LogP contribution >= 0.6 is 11.3 Å². The lowest BCUT2D eigenvalue weighted by molar-refractivity contribution is -0.118. The highest BCUT2D eigenvalue weighted by Crippen LogP contribution is 2.32. The highest BCUT2D eigenvalue weighted by atomic mass is 32.1. The van der Waals surface area contributed by atoms with Gasteiger partial charge in [-0.1, -0.05) is 24.3 Å². The third-order valence-electron chi connectivity index (χ3n) is 3.56. The number of thiazole rings is 1. The molecule has 6 nitrogen and oxygen atoms in total. The lowest BCUT2D eigenvalue weighted by Gasteiger charge is -2.09. The van der Waals surface area contributed by atoms with Crippen molar-refractivity contribution in [3.05, 3.63) is 53.9 Å². The van der Waals surface area contributed by atoms with Gasteiger partial charge < -0.3 is 14.2 Å². The molecule has 1 amide bonds. The molecule has 1 N–H and O–H groups in total. The van der Waals surface area contributed by atoms with E-state index < -0.39 is 0 Å². The van der Waals surface area contributed by atoms with Crippen LogP contribution in [0, 0.1) is 0 Å². The highest BCUT2D eigenvalue weighted by molar-refractivity contribution is 7.14. The van der Waals surface area contributed by atoms with Crippen LogP contribution in [0.4, 0.5) is 5.13 Å². The molecule has 3 aromatic rings. The van der Waals surface area contributed by atoms with Gasteiger partial charge in [0, 0.05) is 10.9 Å². The first kappa shape index (κ1) is 17.8. The van der Waals surface area contributed by atoms with E-state index in [0.717, 1.165) is 17.0 Å². The summed E-state index contributed by atoms with van der Waals surface area (Å²) in [4.78, 5) is 16.6. The second kappa shape index (κ2) is 8.35. The monoisotopic (exact) mass is 370 g/mol. The number of nitrogens with zero attached hydrogens (tertiary/aromatic N) is 1. The third-order valence-corrected chi connectivity index (χ3v) is 4.32. The van der Waals surface area contributed by atoms with Gasteiger partial charge in [0.1, 0.15) is 5.75 Å². The molecular formula is C19H18N2O4S. The first-order valence-electron chi connectivity index (χ1n) is 7.86. The van der Waals surface area contributed by atoms with Gasteiger partial charge in [-0.2, -0.15) is 0 Å². The van der Waals surface area contributed by atoms with Crippen LogP contribution in [0.1, 0.15) is 0 Å². The van der Waals surface area contributed by atoms with E-state index in [1.54, 1.807) is 26.4 Å². The van der Waals surface area contributed by atoms with Crippen LogP contribution in [0.2, 0.25) is 0 Å². The van der Waals surface area contributed by atoms with Crippen molar-refractivity contribution in [3.63, 3.8) is 0 Å². The van der Waals surface area contributed by atoms with Crippen LogP contribution in [0.5, 0.6) is 17.2 Å². The molecule has 0 aliphatic heterocycles. The van der Waals surface area contributed by atoms with Crippen molar-refractivity contribution in [2.75, 3.05) is 26.1 Å². The third kappa shape index (κ3) is 4.12. The topological polar surface area (TPSA) is 69.7 Å². The van der Waals surface area contributed by atoms with Gasteiger partial charge in [0.15, 0.2) is 23.2 Å². The molecule has 0 bridgehead atoms. The van der Waals surface area contributed by atoms with Gasteiger partial charge in [0.2, 0.25) is 0 Å². The largest absolute Gasteiger partial charge is 0.496 e. The summed E-state index contributed by atoms with van der Waals surface area (Å²) in [5, 5.41) is 5.11. The van der Waals surface area contributed by atoms with Crippen LogP contribution in [0.15, 0.2) is 53.9 Å². The molecule has 0 saturated carbocycles. The van der Waals surface area contributed by atoms with E-state index >= 15 is 0 Å². The number of amides is 1. The van der Waals surface area contributed by atoms with Gasteiger partial charge in [-0.15, -0.1) is 11.3 Å². The Hall–Kier alpha value is -3.06. The fourth-order valence-corrected chi connectivity index (χ4v) is 3.07. The van der Waals surface area contributed by atoms with Crippen molar-refractivity contribution in [1.82, 2.24) is 4.98 Å². The molecule has 0 radical (unpaired) electrons. The zero-order valence-corrected chi connectivity index (χ0v) is 15.2. The number of hydrogen-bond acceptors (Lipinski definition) is 6. The summed E-state index contributed by atoms with van der Waals surface area (Å²) in [6.07, 6.45) is 0. The summed E-state index contributed by atoms with van der Waals surface area (Å²) in [6.45, 7) is -0.135. The predicted octanol–water partition coefficient (Wildman–Crippen LogP) is 3.84. The minimum atomic E-state index is -0.295. The molecular weight excluding hydrogens is 352 g/mol. The van der Waals surface area contributed by atoms with E-state index in [1.807, 2.05) is 41.8 Å². The Morgan fingerprint density at radius 1 is 1.00 bits per heavy atom. The quantitative estimate of drug-likeness (QED) is 0.684. The predicted molar refractivity (Wildman–Crippen MR) is 101 cm³/mol. The summed E-state index contributed by atoms with van der Waals surface area (Å²) < 4.78 is 16.0. The Kier molecular flexibility index (Phi) is 5.70. The standard InChI is InChI=1S/C19H18N2O4S/c1-23-15-8-4-3-7-13(15)14-12-26-19(20-14)21-18(22)11-25-17-10-6-5-9-16(17)24-2/h3-10,12H,11H2,1-2H3,(H,20,21,22). The van der Waals surface area contributed by atoms with Crippen molar-refractivity contribution in [2.45, 2.75) is 0 Å². The highest BCUT2D eigenvalue weighted by Gasteiger charge is 2.12. The molecule has 0 fully saturated rings. The first-order valence-corrected chi connectivity index (χ1v) is 8.74. The lowest BCUT2D eigenvalue weighted by Crippen LogP contribution is -2.20. The van der Waals surface area contributed by atoms with Crippen LogP contribution < -0.4 is 19.5 Å². The summed E-state index contributed by atoms with van der Waals surface area (Å²) in [7, 11) is 3.17. The van der Waals surface area contributed by atoms with E-state index in [0.29, 0.717) is 16.6 Å². The smallest absolute Gasteiger partial charge is 0.264 e. The minimum absolute atomic E-state index is 0.135. The van der Waals surface area contributed by atoms with E-state index in [4.69, 9.17) is 14.2 Å². The second-order valence-electron chi connectivity index (χ2n) is 5.23. The molecule has 0 aliphatic rings. The molecule has 1 heterocycles. The Morgan fingerprint density at radius 3 is 2.38 bits per heavy atom. The van der Waals surface area contributed by atoms with Gasteiger partial charge in [0.05, 0.1) is 19.9 Å². The van der Waals surface area contributed by atoms with Crippen molar-refractivity contribution in [1.29, 1.82) is 0 Å². The summed E-state index contributed by atoms with van der Waals surface area (Å²) in [5.74, 6) is 1.53. The molecule has 7 heteroatoms. The number of rotatable bonds is 7. The van der Waals surface area contributed by atoms with Gasteiger partial charge in [-0.3, -0.25) is 10.1 Å². The molecule has 0 atom stereocenters. The van der Waals surface area contributed by atoms with Gasteiger partial charge in [0.25, 0.3) is 5.91 Å². The fourth-order valence-electron chi connectivity index (χ4n) is 2.35. The number of hydrogen-bond donors (Lipinski definition) is 1. The number of benzene rings is 2. The molecule has 0 spiro atoms. The number of para-hydroxylation sites is 3. The SMILES string of the molecule is COc1ccccc1OCC(=O)Nc1nc(-c2ccccc2OC)cs1. The number of anilines is 1. The first-order chi connectivity index (χ1) is 12.7. The number of nitrogens with one attached hydrogen (secondary N) is 1. The van der Waals surface area contributed by atoms with Gasteiger partial charge in [-0.25, -0.2) is 4.98 Å². The summed E-state index contributed by atoms with van der Waals surface area (Å²) in [6, 6.07) is 14.8. The maximum Gasteiger partial charge on any atom is 0.264 e. The van der Waals surface area contributed by atoms with Gasteiger partial charge in [-0.05, 0) is 24.3 Å². The summed E-state index contributed by atoms with van der Waals surface area (Å²) >= 11 is 1.34. The van der Waals surface area contributed by atoms with Crippen molar-refractivity contribution >= 4 is 22.4 Å². The van der Waals surface area contributed by atoms with Crippen LogP contribution in [0.25, 0.3) is 11.3 Å². The lowest BCUT2D eigenvalue weighted by atomic mass is 10.1. The molecule has 0 aliphatic carbocycles. The Balaban J connectivity index is 1.63. The van der Waals surface area contributed by atoms with Crippen molar-refractivity contribution < 1.29 is 19.0 Å². The number of carbonyl (C=O) groups is 1. The Labute approximate surface area is 155 Å². The van der Waals surface area contributed by atoms with Crippen LogP contribution in [-0.4, -0.2) is 31.7 Å². The van der Waals surface area contributed by atoms with Crippen molar-refractivity contribution in [3.8, 4) is 28.5 Å².